The summed E-state index contributed by atoms with van der Waals surface area (Å²) >= 11 is 5.66. The maximum Gasteiger partial charge on any atom is 0.142 e. The molecule has 0 aromatic heterocycles. The summed E-state index contributed by atoms with van der Waals surface area (Å²) in [5, 5.41) is 3.68. The highest BCUT2D eigenvalue weighted by Crippen LogP contribution is 2.34. The highest BCUT2D eigenvalue weighted by atomic mass is 35.5. The van der Waals surface area contributed by atoms with Crippen LogP contribution in [0.3, 0.4) is 0 Å². The van der Waals surface area contributed by atoms with Gasteiger partial charge in [-0.15, -0.1) is 0 Å². The maximum atomic E-state index is 13.3. The van der Waals surface area contributed by atoms with Gasteiger partial charge in [0.15, 0.2) is 0 Å². The lowest BCUT2D eigenvalue weighted by atomic mass is 10.0. The van der Waals surface area contributed by atoms with Crippen LogP contribution >= 0.6 is 11.6 Å². The lowest BCUT2D eigenvalue weighted by Crippen LogP contribution is -2.32. The Morgan fingerprint density at radius 1 is 1.50 bits per heavy atom. The second-order valence-electron chi connectivity index (χ2n) is 4.45. The molecule has 16 heavy (non-hydrogen) atoms. The average Bonchev–Trinajstić information content (AvgIpc) is 3.06. The van der Waals surface area contributed by atoms with Crippen LogP contribution in [0.15, 0.2) is 18.2 Å². The molecular formula is C13H17ClFN. The van der Waals surface area contributed by atoms with Crippen molar-refractivity contribution < 1.29 is 4.39 Å². The van der Waals surface area contributed by atoms with Crippen LogP contribution in [-0.4, -0.2) is 12.6 Å². The molecule has 1 aliphatic rings. The number of likely N-dealkylation sites (N-methyl/N-ethyl adjacent to an activating group) is 1. The summed E-state index contributed by atoms with van der Waals surface area (Å²) in [7, 11) is 0. The molecule has 1 atom stereocenters. The molecule has 1 aliphatic carbocycles. The summed E-state index contributed by atoms with van der Waals surface area (Å²) in [5.41, 5.74) is 1.03. The molecule has 0 radical (unpaired) electrons. The number of benzene rings is 1. The fourth-order valence-corrected chi connectivity index (χ4v) is 2.20. The Kier molecular flexibility index (Phi) is 3.82. The molecule has 0 amide bonds. The van der Waals surface area contributed by atoms with Gasteiger partial charge < -0.3 is 5.32 Å². The van der Waals surface area contributed by atoms with Gasteiger partial charge in [0.2, 0.25) is 0 Å². The zero-order valence-corrected chi connectivity index (χ0v) is 10.2. The van der Waals surface area contributed by atoms with Crippen LogP contribution < -0.4 is 5.32 Å². The molecular weight excluding hydrogens is 225 g/mol. The van der Waals surface area contributed by atoms with E-state index in [2.05, 4.69) is 12.2 Å². The Morgan fingerprint density at radius 2 is 2.25 bits per heavy atom. The minimum Gasteiger partial charge on any atom is -0.314 e. The Labute approximate surface area is 101 Å². The monoisotopic (exact) mass is 241 g/mol. The molecule has 0 aliphatic heterocycles. The number of halogens is 2. The van der Waals surface area contributed by atoms with Crippen LogP contribution in [-0.2, 0) is 6.42 Å². The van der Waals surface area contributed by atoms with Gasteiger partial charge in [-0.05, 0) is 49.4 Å². The molecule has 1 aromatic rings. The van der Waals surface area contributed by atoms with Crippen LogP contribution in [0.4, 0.5) is 4.39 Å². The molecule has 1 aromatic carbocycles. The molecule has 0 bridgehead atoms. The normalized spacial score (nSPS) is 17.4. The van der Waals surface area contributed by atoms with Crippen molar-refractivity contribution in [1.82, 2.24) is 5.32 Å². The van der Waals surface area contributed by atoms with Crippen LogP contribution in [0.2, 0.25) is 5.02 Å². The van der Waals surface area contributed by atoms with E-state index in [4.69, 9.17) is 11.6 Å². The summed E-state index contributed by atoms with van der Waals surface area (Å²) in [4.78, 5) is 0. The first-order chi connectivity index (χ1) is 7.70. The van der Waals surface area contributed by atoms with Crippen molar-refractivity contribution in [1.29, 1.82) is 0 Å². The highest BCUT2D eigenvalue weighted by molar-refractivity contribution is 6.30. The fraction of sp³-hybridized carbons (Fsp3) is 0.538. The van der Waals surface area contributed by atoms with Crippen LogP contribution in [0, 0.1) is 11.7 Å². The van der Waals surface area contributed by atoms with Gasteiger partial charge in [-0.2, -0.15) is 0 Å². The van der Waals surface area contributed by atoms with Crippen molar-refractivity contribution in [2.45, 2.75) is 32.2 Å². The largest absolute Gasteiger partial charge is 0.314 e. The lowest BCUT2D eigenvalue weighted by Gasteiger charge is -2.17. The van der Waals surface area contributed by atoms with Crippen LogP contribution in [0.25, 0.3) is 0 Å². The lowest BCUT2D eigenvalue weighted by molar-refractivity contribution is 0.471. The maximum absolute atomic E-state index is 13.3. The van der Waals surface area contributed by atoms with E-state index in [-0.39, 0.29) is 10.8 Å². The van der Waals surface area contributed by atoms with E-state index in [1.165, 1.54) is 12.8 Å². The van der Waals surface area contributed by atoms with E-state index in [0.717, 1.165) is 24.4 Å². The van der Waals surface area contributed by atoms with E-state index < -0.39 is 0 Å². The minimum atomic E-state index is -0.315. The van der Waals surface area contributed by atoms with Crippen molar-refractivity contribution in [3.63, 3.8) is 0 Å². The predicted octanol–water partition coefficient (Wildman–Crippen LogP) is 3.41. The van der Waals surface area contributed by atoms with Crippen molar-refractivity contribution in [3.8, 4) is 0 Å². The van der Waals surface area contributed by atoms with Gasteiger partial charge in [-0.1, -0.05) is 24.6 Å². The summed E-state index contributed by atoms with van der Waals surface area (Å²) in [5.74, 6) is 0.462. The minimum absolute atomic E-state index is 0.204. The van der Waals surface area contributed by atoms with E-state index in [0.29, 0.717) is 6.04 Å². The second kappa shape index (κ2) is 5.15. The van der Waals surface area contributed by atoms with Gasteiger partial charge >= 0.3 is 0 Å². The Hall–Kier alpha value is -0.600. The van der Waals surface area contributed by atoms with Gasteiger partial charge in [0, 0.05) is 6.04 Å². The summed E-state index contributed by atoms with van der Waals surface area (Å²) in [6.07, 6.45) is 3.49. The van der Waals surface area contributed by atoms with Crippen molar-refractivity contribution >= 4 is 11.6 Å². The summed E-state index contributed by atoms with van der Waals surface area (Å²) in [6, 6.07) is 5.60. The number of nitrogens with one attached hydrogen (secondary N) is 1. The average molecular weight is 242 g/mol. The Bertz CT molecular complexity index is 363. The first-order valence-corrected chi connectivity index (χ1v) is 6.25. The molecule has 1 unspecified atom stereocenters. The quantitative estimate of drug-likeness (QED) is 0.833. The highest BCUT2D eigenvalue weighted by Gasteiger charge is 2.30. The summed E-state index contributed by atoms with van der Waals surface area (Å²) in [6.45, 7) is 3.08. The van der Waals surface area contributed by atoms with Crippen LogP contribution in [0.5, 0.6) is 0 Å². The molecule has 0 spiro atoms. The predicted molar refractivity (Wildman–Crippen MR) is 65.3 cm³/mol. The molecule has 0 saturated heterocycles. The molecule has 1 N–H and O–H groups in total. The van der Waals surface area contributed by atoms with E-state index >= 15 is 0 Å². The third-order valence-corrected chi connectivity index (χ3v) is 3.40. The van der Waals surface area contributed by atoms with Gasteiger partial charge in [0.1, 0.15) is 5.82 Å². The molecule has 88 valence electrons. The Balaban J connectivity index is 2.03. The van der Waals surface area contributed by atoms with Crippen molar-refractivity contribution in [2.75, 3.05) is 6.54 Å². The molecule has 1 nitrogen and oxygen atoms in total. The Morgan fingerprint density at radius 3 is 2.81 bits per heavy atom. The zero-order chi connectivity index (χ0) is 11.5. The van der Waals surface area contributed by atoms with E-state index in [1.54, 1.807) is 12.1 Å². The topological polar surface area (TPSA) is 12.0 Å². The molecule has 1 saturated carbocycles. The smallest absolute Gasteiger partial charge is 0.142 e. The summed E-state index contributed by atoms with van der Waals surface area (Å²) < 4.78 is 13.3. The van der Waals surface area contributed by atoms with Gasteiger partial charge in [0.05, 0.1) is 5.02 Å². The van der Waals surface area contributed by atoms with E-state index in [9.17, 15) is 4.39 Å². The van der Waals surface area contributed by atoms with Crippen LogP contribution in [0.1, 0.15) is 25.3 Å². The van der Waals surface area contributed by atoms with E-state index in [1.807, 2.05) is 6.07 Å². The second-order valence-corrected chi connectivity index (χ2v) is 4.86. The van der Waals surface area contributed by atoms with Crippen molar-refractivity contribution in [2.24, 2.45) is 5.92 Å². The van der Waals surface area contributed by atoms with Gasteiger partial charge in [-0.25, -0.2) is 4.39 Å². The number of hydrogen-bond acceptors (Lipinski definition) is 1. The van der Waals surface area contributed by atoms with Crippen molar-refractivity contribution in [3.05, 3.63) is 34.6 Å². The third kappa shape index (κ3) is 2.96. The van der Waals surface area contributed by atoms with Gasteiger partial charge in [-0.3, -0.25) is 0 Å². The fourth-order valence-electron chi connectivity index (χ4n) is 2.09. The molecule has 2 rings (SSSR count). The zero-order valence-electron chi connectivity index (χ0n) is 9.47. The molecule has 0 heterocycles. The number of rotatable bonds is 5. The first-order valence-electron chi connectivity index (χ1n) is 5.88. The van der Waals surface area contributed by atoms with Gasteiger partial charge in [0.25, 0.3) is 0 Å². The molecule has 3 heteroatoms. The molecule has 1 fully saturated rings. The SMILES string of the molecule is CCNC(Cc1ccc(Cl)c(F)c1)C1CC1. The first kappa shape index (κ1) is 11.9. The third-order valence-electron chi connectivity index (χ3n) is 3.10. The standard InChI is InChI=1S/C13H17ClFN/c1-2-16-13(10-4-5-10)8-9-3-6-11(14)12(15)7-9/h3,6-7,10,13,16H,2,4-5,8H2,1H3. The number of hydrogen-bond donors (Lipinski definition) is 1.